The maximum atomic E-state index is 5.85. The van der Waals surface area contributed by atoms with Gasteiger partial charge in [0.1, 0.15) is 0 Å². The first-order valence-corrected chi connectivity index (χ1v) is 5.38. The third-order valence-electron chi connectivity index (χ3n) is 3.26. The molecule has 82 valence electrons. The van der Waals surface area contributed by atoms with Crippen LogP contribution in [0.5, 0.6) is 0 Å². The van der Waals surface area contributed by atoms with E-state index in [0.29, 0.717) is 12.1 Å². The second-order valence-corrected chi connectivity index (χ2v) is 4.09. The summed E-state index contributed by atoms with van der Waals surface area (Å²) in [6.07, 6.45) is 2.70. The van der Waals surface area contributed by atoms with Gasteiger partial charge < -0.3 is 10.1 Å². The van der Waals surface area contributed by atoms with Gasteiger partial charge in [-0.2, -0.15) is 0 Å². The number of ether oxygens (including phenoxy) is 1. The fourth-order valence-electron chi connectivity index (χ4n) is 2.56. The molecule has 0 spiro atoms. The SMILES string of the molecule is Cl.c1ccc2c(c1)CCC1NCCOC21. The van der Waals surface area contributed by atoms with E-state index in [9.17, 15) is 0 Å². The number of rotatable bonds is 0. The topological polar surface area (TPSA) is 21.3 Å². The van der Waals surface area contributed by atoms with Crippen molar-refractivity contribution in [3.8, 4) is 0 Å². The average molecular weight is 226 g/mol. The van der Waals surface area contributed by atoms with E-state index in [1.54, 1.807) is 0 Å². The summed E-state index contributed by atoms with van der Waals surface area (Å²) in [4.78, 5) is 0. The molecule has 2 nitrogen and oxygen atoms in total. The highest BCUT2D eigenvalue weighted by molar-refractivity contribution is 5.85. The van der Waals surface area contributed by atoms with E-state index in [1.807, 2.05) is 0 Å². The Balaban J connectivity index is 0.000000853. The molecule has 2 unspecified atom stereocenters. The van der Waals surface area contributed by atoms with Gasteiger partial charge in [0.15, 0.2) is 0 Å². The van der Waals surface area contributed by atoms with E-state index < -0.39 is 0 Å². The van der Waals surface area contributed by atoms with Gasteiger partial charge in [0, 0.05) is 12.6 Å². The summed E-state index contributed by atoms with van der Waals surface area (Å²) in [6, 6.07) is 9.20. The number of hydrogen-bond donors (Lipinski definition) is 1. The van der Waals surface area contributed by atoms with Crippen molar-refractivity contribution in [2.24, 2.45) is 0 Å². The zero-order chi connectivity index (χ0) is 9.38. The lowest BCUT2D eigenvalue weighted by molar-refractivity contribution is -0.0127. The molecule has 1 heterocycles. The van der Waals surface area contributed by atoms with E-state index in [1.165, 1.54) is 24.0 Å². The molecule has 0 aromatic heterocycles. The molecule has 3 rings (SSSR count). The Kier molecular flexibility index (Phi) is 3.29. The summed E-state index contributed by atoms with van der Waals surface area (Å²) in [7, 11) is 0. The Morgan fingerprint density at radius 3 is 3.07 bits per heavy atom. The van der Waals surface area contributed by atoms with Crippen molar-refractivity contribution < 1.29 is 4.74 Å². The Morgan fingerprint density at radius 2 is 2.13 bits per heavy atom. The molecular formula is C12H16ClNO. The van der Waals surface area contributed by atoms with Gasteiger partial charge in [-0.15, -0.1) is 12.4 Å². The summed E-state index contributed by atoms with van der Waals surface area (Å²) in [6.45, 7) is 1.85. The highest BCUT2D eigenvalue weighted by Gasteiger charge is 2.31. The first-order valence-electron chi connectivity index (χ1n) is 5.38. The maximum absolute atomic E-state index is 5.85. The fourth-order valence-corrected chi connectivity index (χ4v) is 2.56. The summed E-state index contributed by atoms with van der Waals surface area (Å²) in [5.41, 5.74) is 2.87. The molecule has 0 radical (unpaired) electrons. The molecule has 1 fully saturated rings. The van der Waals surface area contributed by atoms with Crippen molar-refractivity contribution >= 4 is 12.4 Å². The normalized spacial score (nSPS) is 28.5. The highest BCUT2D eigenvalue weighted by atomic mass is 35.5. The standard InChI is InChI=1S/C12H15NO.ClH/c1-2-4-10-9(3-1)5-6-11-12(10)14-8-7-13-11;/h1-4,11-13H,5-8H2;1H. The Labute approximate surface area is 96.4 Å². The van der Waals surface area contributed by atoms with E-state index in [0.717, 1.165) is 13.2 Å². The number of fused-ring (bicyclic) bond motifs is 3. The summed E-state index contributed by atoms with van der Waals surface area (Å²) in [5.74, 6) is 0. The summed E-state index contributed by atoms with van der Waals surface area (Å²) >= 11 is 0. The predicted octanol–water partition coefficient (Wildman–Crippen LogP) is 2.08. The van der Waals surface area contributed by atoms with Crippen molar-refractivity contribution in [3.63, 3.8) is 0 Å². The largest absolute Gasteiger partial charge is 0.371 e. The van der Waals surface area contributed by atoms with Crippen molar-refractivity contribution in [1.29, 1.82) is 0 Å². The molecule has 1 aromatic carbocycles. The monoisotopic (exact) mass is 225 g/mol. The van der Waals surface area contributed by atoms with Gasteiger partial charge in [-0.3, -0.25) is 0 Å². The number of morpholine rings is 1. The molecule has 1 aliphatic heterocycles. The first-order chi connectivity index (χ1) is 6.95. The number of benzene rings is 1. The smallest absolute Gasteiger partial charge is 0.0981 e. The second-order valence-electron chi connectivity index (χ2n) is 4.09. The van der Waals surface area contributed by atoms with Crippen LogP contribution in [-0.2, 0) is 11.2 Å². The lowest BCUT2D eigenvalue weighted by Gasteiger charge is -2.37. The quantitative estimate of drug-likeness (QED) is 0.730. The molecule has 2 aliphatic rings. The summed E-state index contributed by atoms with van der Waals surface area (Å²) < 4.78 is 5.85. The lowest BCUT2D eigenvalue weighted by Crippen LogP contribution is -2.45. The van der Waals surface area contributed by atoms with E-state index in [4.69, 9.17) is 4.74 Å². The van der Waals surface area contributed by atoms with Crippen molar-refractivity contribution in [3.05, 3.63) is 35.4 Å². The number of nitrogens with one attached hydrogen (secondary N) is 1. The molecule has 1 aromatic rings. The number of halogens is 1. The molecule has 1 N–H and O–H groups in total. The molecule has 15 heavy (non-hydrogen) atoms. The molecule has 1 saturated heterocycles. The van der Waals surface area contributed by atoms with Crippen LogP contribution in [0, 0.1) is 0 Å². The Bertz CT molecular complexity index is 342. The van der Waals surface area contributed by atoms with E-state index >= 15 is 0 Å². The molecule has 0 saturated carbocycles. The lowest BCUT2D eigenvalue weighted by atomic mass is 9.85. The average Bonchev–Trinajstić information content (AvgIpc) is 2.29. The van der Waals surface area contributed by atoms with Crippen LogP contribution in [0.15, 0.2) is 24.3 Å². The molecule has 3 heteroatoms. The zero-order valence-electron chi connectivity index (χ0n) is 8.61. The first kappa shape index (κ1) is 10.9. The minimum atomic E-state index is 0. The van der Waals surface area contributed by atoms with Gasteiger partial charge in [-0.25, -0.2) is 0 Å². The van der Waals surface area contributed by atoms with Crippen molar-refractivity contribution in [2.45, 2.75) is 25.0 Å². The van der Waals surface area contributed by atoms with Crippen LogP contribution in [0.25, 0.3) is 0 Å². The van der Waals surface area contributed by atoms with Gasteiger partial charge in [0.05, 0.1) is 12.7 Å². The van der Waals surface area contributed by atoms with Gasteiger partial charge in [-0.05, 0) is 24.0 Å². The second kappa shape index (κ2) is 4.52. The third kappa shape index (κ3) is 1.89. The van der Waals surface area contributed by atoms with Gasteiger partial charge >= 0.3 is 0 Å². The van der Waals surface area contributed by atoms with Crippen LogP contribution in [-0.4, -0.2) is 19.2 Å². The number of hydrogen-bond acceptors (Lipinski definition) is 2. The maximum Gasteiger partial charge on any atom is 0.0981 e. The molecule has 2 atom stereocenters. The van der Waals surface area contributed by atoms with Crippen LogP contribution in [0.3, 0.4) is 0 Å². The predicted molar refractivity (Wildman–Crippen MR) is 62.5 cm³/mol. The third-order valence-corrected chi connectivity index (χ3v) is 3.26. The van der Waals surface area contributed by atoms with Gasteiger partial charge in [0.2, 0.25) is 0 Å². The van der Waals surface area contributed by atoms with E-state index in [2.05, 4.69) is 29.6 Å². The van der Waals surface area contributed by atoms with Crippen molar-refractivity contribution in [2.75, 3.05) is 13.2 Å². The van der Waals surface area contributed by atoms with Crippen LogP contribution < -0.4 is 5.32 Å². The van der Waals surface area contributed by atoms with Gasteiger partial charge in [0.25, 0.3) is 0 Å². The summed E-state index contributed by atoms with van der Waals surface area (Å²) in [5, 5.41) is 3.54. The minimum absolute atomic E-state index is 0. The minimum Gasteiger partial charge on any atom is -0.371 e. The van der Waals surface area contributed by atoms with E-state index in [-0.39, 0.29) is 12.4 Å². The van der Waals surface area contributed by atoms with Crippen LogP contribution in [0.2, 0.25) is 0 Å². The number of aryl methyl sites for hydroxylation is 1. The zero-order valence-corrected chi connectivity index (χ0v) is 9.43. The van der Waals surface area contributed by atoms with Crippen LogP contribution in [0.1, 0.15) is 23.7 Å². The molecule has 0 amide bonds. The molecular weight excluding hydrogens is 210 g/mol. The van der Waals surface area contributed by atoms with Crippen LogP contribution in [0.4, 0.5) is 0 Å². The van der Waals surface area contributed by atoms with Crippen molar-refractivity contribution in [1.82, 2.24) is 5.32 Å². The molecule has 0 bridgehead atoms. The van der Waals surface area contributed by atoms with Crippen LogP contribution >= 0.6 is 12.4 Å². The molecule has 1 aliphatic carbocycles. The fraction of sp³-hybridized carbons (Fsp3) is 0.500. The Morgan fingerprint density at radius 1 is 1.27 bits per heavy atom. The van der Waals surface area contributed by atoms with Gasteiger partial charge in [-0.1, -0.05) is 24.3 Å². The Hall–Kier alpha value is -0.570. The highest BCUT2D eigenvalue weighted by Crippen LogP contribution is 2.33.